The lowest BCUT2D eigenvalue weighted by atomic mass is 10.1. The molecule has 0 saturated heterocycles. The van der Waals surface area contributed by atoms with E-state index in [1.165, 1.54) is 18.2 Å². The number of anilines is 2. The molecule has 29 heavy (non-hydrogen) atoms. The third-order valence-electron chi connectivity index (χ3n) is 4.33. The van der Waals surface area contributed by atoms with Crippen LogP contribution in [0.4, 0.5) is 11.4 Å². The minimum atomic E-state index is -3.90. The number of benzene rings is 3. The second-order valence-corrected chi connectivity index (χ2v) is 8.48. The van der Waals surface area contributed by atoms with Crippen LogP contribution in [0.1, 0.15) is 21.5 Å². The number of nitrogens with one attached hydrogen (secondary N) is 2. The van der Waals surface area contributed by atoms with Crippen molar-refractivity contribution < 1.29 is 13.2 Å². The van der Waals surface area contributed by atoms with E-state index in [1.54, 1.807) is 25.1 Å². The van der Waals surface area contributed by atoms with Gasteiger partial charge in [-0.25, -0.2) is 13.6 Å². The van der Waals surface area contributed by atoms with Crippen LogP contribution in [-0.4, -0.2) is 14.3 Å². The average molecular weight is 430 g/mol. The standard InChI is InChI=1S/C21H20ClN3O3S/c1-14-7-9-17(29(23,27)28)12-18(14)21(26)25-16-8-10-20(19(22)11-16)24-13-15-5-3-2-4-6-15/h2-12,24H,13H2,1H3,(H,25,26)(H2,23,27,28). The van der Waals surface area contributed by atoms with Gasteiger partial charge in [-0.3, -0.25) is 4.79 Å². The van der Waals surface area contributed by atoms with Crippen molar-refractivity contribution in [2.75, 3.05) is 10.6 Å². The number of aryl methyl sites for hydroxylation is 1. The second-order valence-electron chi connectivity index (χ2n) is 6.51. The zero-order valence-corrected chi connectivity index (χ0v) is 17.2. The Balaban J connectivity index is 1.74. The van der Waals surface area contributed by atoms with Gasteiger partial charge in [0.1, 0.15) is 0 Å². The van der Waals surface area contributed by atoms with Crippen molar-refractivity contribution in [1.29, 1.82) is 0 Å². The Labute approximate surface area is 174 Å². The van der Waals surface area contributed by atoms with Gasteiger partial charge in [0.25, 0.3) is 5.91 Å². The molecule has 0 heterocycles. The molecular formula is C21H20ClN3O3S. The van der Waals surface area contributed by atoms with Crippen LogP contribution < -0.4 is 15.8 Å². The lowest BCUT2D eigenvalue weighted by Gasteiger charge is -2.12. The highest BCUT2D eigenvalue weighted by Crippen LogP contribution is 2.27. The van der Waals surface area contributed by atoms with Crippen LogP contribution in [-0.2, 0) is 16.6 Å². The molecule has 8 heteroatoms. The number of hydrogen-bond donors (Lipinski definition) is 3. The summed E-state index contributed by atoms with van der Waals surface area (Å²) in [6.07, 6.45) is 0. The van der Waals surface area contributed by atoms with Gasteiger partial charge < -0.3 is 10.6 Å². The molecule has 0 fully saturated rings. The molecule has 0 aromatic heterocycles. The third kappa shape index (κ3) is 5.35. The first-order valence-electron chi connectivity index (χ1n) is 8.76. The van der Waals surface area contributed by atoms with E-state index in [4.69, 9.17) is 16.7 Å². The summed E-state index contributed by atoms with van der Waals surface area (Å²) in [5.41, 5.74) is 3.19. The van der Waals surface area contributed by atoms with Crippen molar-refractivity contribution in [3.05, 3.63) is 88.4 Å². The molecule has 0 aliphatic carbocycles. The summed E-state index contributed by atoms with van der Waals surface area (Å²) in [4.78, 5) is 12.5. The van der Waals surface area contributed by atoms with Gasteiger partial charge in [-0.15, -0.1) is 0 Å². The van der Waals surface area contributed by atoms with E-state index in [0.29, 0.717) is 22.8 Å². The summed E-state index contributed by atoms with van der Waals surface area (Å²) in [6.45, 7) is 2.33. The van der Waals surface area contributed by atoms with E-state index >= 15 is 0 Å². The number of carbonyl (C=O) groups excluding carboxylic acids is 1. The van der Waals surface area contributed by atoms with Gasteiger partial charge in [0.2, 0.25) is 10.0 Å². The first-order chi connectivity index (χ1) is 13.7. The van der Waals surface area contributed by atoms with Gasteiger partial charge in [0.05, 0.1) is 15.6 Å². The normalized spacial score (nSPS) is 11.1. The van der Waals surface area contributed by atoms with Crippen LogP contribution in [0.25, 0.3) is 0 Å². The number of primary sulfonamides is 1. The molecule has 3 aromatic carbocycles. The Kier molecular flexibility index (Phi) is 6.22. The predicted molar refractivity (Wildman–Crippen MR) is 116 cm³/mol. The molecule has 1 amide bonds. The monoisotopic (exact) mass is 429 g/mol. The summed E-state index contributed by atoms with van der Waals surface area (Å²) in [5.74, 6) is -0.450. The Hall–Kier alpha value is -2.87. The number of hydrogen-bond acceptors (Lipinski definition) is 4. The fraction of sp³-hybridized carbons (Fsp3) is 0.0952. The molecule has 0 radical (unpaired) electrons. The lowest BCUT2D eigenvalue weighted by Crippen LogP contribution is -2.17. The van der Waals surface area contributed by atoms with E-state index in [9.17, 15) is 13.2 Å². The minimum absolute atomic E-state index is 0.119. The minimum Gasteiger partial charge on any atom is -0.380 e. The fourth-order valence-electron chi connectivity index (χ4n) is 2.75. The van der Waals surface area contributed by atoms with E-state index in [1.807, 2.05) is 30.3 Å². The summed E-state index contributed by atoms with van der Waals surface area (Å²) in [5, 5.41) is 11.6. The topological polar surface area (TPSA) is 101 Å². The molecule has 0 bridgehead atoms. The van der Waals surface area contributed by atoms with Crippen molar-refractivity contribution in [2.45, 2.75) is 18.4 Å². The predicted octanol–water partition coefficient (Wildman–Crippen LogP) is 4.16. The first-order valence-corrected chi connectivity index (χ1v) is 10.7. The molecule has 0 aliphatic rings. The fourth-order valence-corrected chi connectivity index (χ4v) is 3.54. The molecule has 0 spiro atoms. The molecule has 0 atom stereocenters. The number of carbonyl (C=O) groups is 1. The third-order valence-corrected chi connectivity index (χ3v) is 5.56. The second kappa shape index (κ2) is 8.65. The van der Waals surface area contributed by atoms with E-state index in [-0.39, 0.29) is 10.5 Å². The maximum atomic E-state index is 12.6. The highest BCUT2D eigenvalue weighted by molar-refractivity contribution is 7.89. The summed E-state index contributed by atoms with van der Waals surface area (Å²) >= 11 is 6.33. The number of amides is 1. The van der Waals surface area contributed by atoms with Crippen LogP contribution >= 0.6 is 11.6 Å². The lowest BCUT2D eigenvalue weighted by molar-refractivity contribution is 0.102. The smallest absolute Gasteiger partial charge is 0.255 e. The summed E-state index contributed by atoms with van der Waals surface area (Å²) < 4.78 is 23.1. The maximum absolute atomic E-state index is 12.6. The zero-order valence-electron chi connectivity index (χ0n) is 15.6. The molecule has 0 unspecified atom stereocenters. The maximum Gasteiger partial charge on any atom is 0.255 e. The largest absolute Gasteiger partial charge is 0.380 e. The van der Waals surface area contributed by atoms with Crippen molar-refractivity contribution in [3.63, 3.8) is 0 Å². The van der Waals surface area contributed by atoms with E-state index in [2.05, 4.69) is 10.6 Å². The molecule has 0 aliphatic heterocycles. The zero-order chi connectivity index (χ0) is 21.0. The van der Waals surface area contributed by atoms with Crippen LogP contribution in [0.15, 0.2) is 71.6 Å². The Bertz CT molecular complexity index is 1150. The van der Waals surface area contributed by atoms with Crippen molar-refractivity contribution in [3.8, 4) is 0 Å². The van der Waals surface area contributed by atoms with Crippen molar-refractivity contribution in [1.82, 2.24) is 0 Å². The van der Waals surface area contributed by atoms with Crippen LogP contribution in [0.3, 0.4) is 0 Å². The van der Waals surface area contributed by atoms with Crippen LogP contribution in [0.2, 0.25) is 5.02 Å². The number of sulfonamides is 1. The molecular weight excluding hydrogens is 410 g/mol. The van der Waals surface area contributed by atoms with Gasteiger partial charge in [-0.1, -0.05) is 48.0 Å². The highest BCUT2D eigenvalue weighted by atomic mass is 35.5. The SMILES string of the molecule is Cc1ccc(S(N)(=O)=O)cc1C(=O)Nc1ccc(NCc2ccccc2)c(Cl)c1. The Morgan fingerprint density at radius 3 is 2.41 bits per heavy atom. The van der Waals surface area contributed by atoms with Gasteiger partial charge >= 0.3 is 0 Å². The van der Waals surface area contributed by atoms with Crippen LogP contribution in [0.5, 0.6) is 0 Å². The molecule has 150 valence electrons. The Morgan fingerprint density at radius 2 is 1.76 bits per heavy atom. The van der Waals surface area contributed by atoms with E-state index in [0.717, 1.165) is 11.3 Å². The molecule has 6 nitrogen and oxygen atoms in total. The molecule has 3 aromatic rings. The molecule has 4 N–H and O–H groups in total. The number of nitrogens with two attached hydrogens (primary N) is 1. The number of rotatable bonds is 6. The van der Waals surface area contributed by atoms with Gasteiger partial charge in [0, 0.05) is 17.8 Å². The van der Waals surface area contributed by atoms with Gasteiger partial charge in [-0.05, 0) is 48.4 Å². The first kappa shape index (κ1) is 20.9. The highest BCUT2D eigenvalue weighted by Gasteiger charge is 2.15. The van der Waals surface area contributed by atoms with Gasteiger partial charge in [-0.2, -0.15) is 0 Å². The molecule has 3 rings (SSSR count). The quantitative estimate of drug-likeness (QED) is 0.547. The summed E-state index contributed by atoms with van der Waals surface area (Å²) in [6, 6.07) is 19.2. The summed E-state index contributed by atoms with van der Waals surface area (Å²) in [7, 11) is -3.90. The number of halogens is 1. The van der Waals surface area contributed by atoms with Crippen molar-refractivity contribution in [2.24, 2.45) is 5.14 Å². The average Bonchev–Trinajstić information content (AvgIpc) is 2.67. The van der Waals surface area contributed by atoms with Gasteiger partial charge in [0.15, 0.2) is 0 Å². The Morgan fingerprint density at radius 1 is 1.03 bits per heavy atom. The van der Waals surface area contributed by atoms with Crippen LogP contribution in [0, 0.1) is 6.92 Å². The molecule has 0 saturated carbocycles. The van der Waals surface area contributed by atoms with Crippen molar-refractivity contribution >= 4 is 38.9 Å². The van der Waals surface area contributed by atoms with E-state index < -0.39 is 15.9 Å².